The van der Waals surface area contributed by atoms with Crippen LogP contribution in [0.5, 0.6) is 0 Å². The number of hydrogen-bond donors (Lipinski definition) is 0. The van der Waals surface area contributed by atoms with E-state index >= 15 is 0 Å². The van der Waals surface area contributed by atoms with Crippen molar-refractivity contribution in [3.63, 3.8) is 0 Å². The molecule has 0 aromatic carbocycles. The molecule has 2 aromatic heterocycles. The number of nitrogens with zero attached hydrogens (tertiary/aromatic N) is 2. The zero-order valence-electron chi connectivity index (χ0n) is 23.5. The Balaban J connectivity index is 2.20. The summed E-state index contributed by atoms with van der Waals surface area (Å²) in [4.78, 5) is 20.8. The van der Waals surface area contributed by atoms with Gasteiger partial charge in [-0.15, -0.1) is 22.7 Å². The third kappa shape index (κ3) is 11.0. The molecule has 0 aliphatic rings. The van der Waals surface area contributed by atoms with Gasteiger partial charge in [-0.05, 0) is 91.6 Å². The van der Waals surface area contributed by atoms with Gasteiger partial charge in [0.15, 0.2) is 0 Å². The van der Waals surface area contributed by atoms with E-state index in [2.05, 4.69) is 109 Å². The first-order valence-electron chi connectivity index (χ1n) is 13.4. The molecule has 0 amide bonds. The smallest absolute Gasteiger partial charge is 0.213 e. The van der Waals surface area contributed by atoms with Crippen molar-refractivity contribution in [3.05, 3.63) is 40.6 Å². The van der Waals surface area contributed by atoms with E-state index in [1.807, 2.05) is 0 Å². The van der Waals surface area contributed by atoms with Gasteiger partial charge < -0.3 is 9.80 Å². The van der Waals surface area contributed by atoms with E-state index in [-0.39, 0.29) is 5.78 Å². The number of halogens is 2. The van der Waals surface area contributed by atoms with Crippen LogP contribution in [0.2, 0.25) is 0 Å². The van der Waals surface area contributed by atoms with Gasteiger partial charge in [0, 0.05) is 39.3 Å². The van der Waals surface area contributed by atoms with Crippen LogP contribution in [-0.4, -0.2) is 54.9 Å². The number of carbonyl (C=O) groups excluding carboxylic acids is 1. The van der Waals surface area contributed by atoms with E-state index in [0.717, 1.165) is 69.4 Å². The first-order chi connectivity index (χ1) is 16.8. The van der Waals surface area contributed by atoms with E-state index in [9.17, 15) is 4.79 Å². The zero-order chi connectivity index (χ0) is 27.0. The lowest BCUT2D eigenvalue weighted by atomic mass is 10.0. The molecule has 3 nitrogen and oxygen atoms in total. The third-order valence-corrected chi connectivity index (χ3v) is 9.22. The molecular formula is C29H46Br2N2OS2. The highest BCUT2D eigenvalue weighted by atomic mass is 79.9. The Labute approximate surface area is 245 Å². The summed E-state index contributed by atoms with van der Waals surface area (Å²) in [5.41, 5.74) is 2.34. The lowest BCUT2D eigenvalue weighted by Gasteiger charge is -2.26. The lowest BCUT2D eigenvalue weighted by molar-refractivity contribution is 0.104. The highest BCUT2D eigenvalue weighted by molar-refractivity contribution is 9.11. The van der Waals surface area contributed by atoms with Gasteiger partial charge in [-0.2, -0.15) is 0 Å². The van der Waals surface area contributed by atoms with E-state index in [1.165, 1.54) is 11.1 Å². The SMILES string of the molecule is CC(C)CN(CCc1cc(Br)sc1C(=O)c1sc(Br)cc1CCN(CC(C)C)CC(C)C)CC(C)C. The number of hydrogen-bond acceptors (Lipinski definition) is 5. The summed E-state index contributed by atoms with van der Waals surface area (Å²) in [5.74, 6) is 2.73. The third-order valence-electron chi connectivity index (χ3n) is 5.86. The average Bonchev–Trinajstić information content (AvgIpc) is 3.30. The molecule has 0 N–H and O–H groups in total. The average molecular weight is 663 g/mol. The van der Waals surface area contributed by atoms with Crippen molar-refractivity contribution in [1.82, 2.24) is 9.80 Å². The molecule has 0 fully saturated rings. The van der Waals surface area contributed by atoms with Crippen LogP contribution >= 0.6 is 54.5 Å². The van der Waals surface area contributed by atoms with Gasteiger partial charge in [-0.25, -0.2) is 0 Å². The molecule has 36 heavy (non-hydrogen) atoms. The largest absolute Gasteiger partial charge is 0.302 e. The van der Waals surface area contributed by atoms with Gasteiger partial charge in [0.05, 0.1) is 17.3 Å². The maximum Gasteiger partial charge on any atom is 0.213 e. The minimum Gasteiger partial charge on any atom is -0.302 e. The van der Waals surface area contributed by atoms with Crippen molar-refractivity contribution in [2.45, 2.75) is 68.2 Å². The van der Waals surface area contributed by atoms with Gasteiger partial charge in [0.25, 0.3) is 0 Å². The van der Waals surface area contributed by atoms with Crippen LogP contribution < -0.4 is 0 Å². The first-order valence-corrected chi connectivity index (χ1v) is 16.6. The molecular weight excluding hydrogens is 616 g/mol. The topological polar surface area (TPSA) is 23.6 Å². The molecule has 204 valence electrons. The standard InChI is InChI=1S/C29H46Br2N2OS2/c1-19(2)15-32(16-20(3)4)11-9-23-13-25(30)35-28(23)27(34)29-24(14-26(31)36-29)10-12-33(17-21(5)6)18-22(7)8/h13-14,19-22H,9-12,15-18H2,1-8H3. The molecule has 0 atom stereocenters. The van der Waals surface area contributed by atoms with Crippen LogP contribution in [0.4, 0.5) is 0 Å². The Hall–Kier alpha value is -0.0500. The fraction of sp³-hybridized carbons (Fsp3) is 0.690. The summed E-state index contributed by atoms with van der Waals surface area (Å²) in [7, 11) is 0. The Morgan fingerprint density at radius 1 is 0.667 bits per heavy atom. The Morgan fingerprint density at radius 3 is 1.25 bits per heavy atom. The molecule has 0 saturated carbocycles. The molecule has 0 aliphatic heterocycles. The van der Waals surface area contributed by atoms with Crippen molar-refractivity contribution in [1.29, 1.82) is 0 Å². The second-order valence-electron chi connectivity index (χ2n) is 11.7. The Kier molecular flexibility index (Phi) is 13.9. The predicted octanol–water partition coefficient (Wildman–Crippen LogP) is 8.88. The van der Waals surface area contributed by atoms with Gasteiger partial charge in [0.1, 0.15) is 0 Å². The molecule has 0 aliphatic carbocycles. The second kappa shape index (κ2) is 15.5. The van der Waals surface area contributed by atoms with E-state index < -0.39 is 0 Å². The van der Waals surface area contributed by atoms with Crippen LogP contribution in [-0.2, 0) is 12.8 Å². The van der Waals surface area contributed by atoms with Crippen molar-refractivity contribution in [3.8, 4) is 0 Å². The van der Waals surface area contributed by atoms with Crippen molar-refractivity contribution in [2.24, 2.45) is 23.7 Å². The van der Waals surface area contributed by atoms with E-state index in [0.29, 0.717) is 23.7 Å². The van der Waals surface area contributed by atoms with Crippen molar-refractivity contribution in [2.75, 3.05) is 39.3 Å². The first kappa shape index (κ1) is 32.2. The summed E-state index contributed by atoms with van der Waals surface area (Å²) in [6, 6.07) is 4.33. The molecule has 2 aromatic rings. The Bertz CT molecular complexity index is 855. The monoisotopic (exact) mass is 660 g/mol. The minimum atomic E-state index is 0.185. The zero-order valence-corrected chi connectivity index (χ0v) is 28.3. The number of rotatable bonds is 16. The highest BCUT2D eigenvalue weighted by Crippen LogP contribution is 2.35. The number of thiophene rings is 2. The normalized spacial score (nSPS) is 12.4. The van der Waals surface area contributed by atoms with Gasteiger partial charge in [-0.1, -0.05) is 55.4 Å². The minimum absolute atomic E-state index is 0.185. The molecule has 0 spiro atoms. The maximum atomic E-state index is 13.9. The summed E-state index contributed by atoms with van der Waals surface area (Å²) in [6.45, 7) is 24.6. The van der Waals surface area contributed by atoms with Crippen LogP contribution in [0.25, 0.3) is 0 Å². The number of ketones is 1. The van der Waals surface area contributed by atoms with Crippen LogP contribution in [0.15, 0.2) is 19.7 Å². The lowest BCUT2D eigenvalue weighted by Crippen LogP contribution is -2.33. The van der Waals surface area contributed by atoms with Crippen molar-refractivity contribution < 1.29 is 4.79 Å². The van der Waals surface area contributed by atoms with Gasteiger partial charge in [0.2, 0.25) is 5.78 Å². The van der Waals surface area contributed by atoms with E-state index in [4.69, 9.17) is 0 Å². The van der Waals surface area contributed by atoms with Crippen LogP contribution in [0.1, 0.15) is 81.1 Å². The molecule has 2 heterocycles. The highest BCUT2D eigenvalue weighted by Gasteiger charge is 2.23. The molecule has 0 saturated heterocycles. The summed E-state index contributed by atoms with van der Waals surface area (Å²) >= 11 is 10.5. The molecule has 7 heteroatoms. The fourth-order valence-electron chi connectivity index (χ4n) is 4.79. The van der Waals surface area contributed by atoms with Crippen LogP contribution in [0, 0.1) is 23.7 Å². The molecule has 0 unspecified atom stereocenters. The Morgan fingerprint density at radius 2 is 0.972 bits per heavy atom. The molecule has 2 rings (SSSR count). The summed E-state index contributed by atoms with van der Waals surface area (Å²) in [6.07, 6.45) is 1.81. The second-order valence-corrected chi connectivity index (χ2v) is 16.6. The van der Waals surface area contributed by atoms with Gasteiger partial charge >= 0.3 is 0 Å². The fourth-order valence-corrected chi connectivity index (χ4v) is 8.14. The number of carbonyl (C=O) groups is 1. The predicted molar refractivity (Wildman–Crippen MR) is 167 cm³/mol. The van der Waals surface area contributed by atoms with Crippen LogP contribution in [0.3, 0.4) is 0 Å². The summed E-state index contributed by atoms with van der Waals surface area (Å²) in [5, 5.41) is 0. The maximum absolute atomic E-state index is 13.9. The summed E-state index contributed by atoms with van der Waals surface area (Å²) < 4.78 is 2.08. The van der Waals surface area contributed by atoms with E-state index in [1.54, 1.807) is 22.7 Å². The quantitative estimate of drug-likeness (QED) is 0.168. The molecule has 0 bridgehead atoms. The molecule has 0 radical (unpaired) electrons. The van der Waals surface area contributed by atoms with Crippen molar-refractivity contribution >= 4 is 60.3 Å². The van der Waals surface area contributed by atoms with Gasteiger partial charge in [-0.3, -0.25) is 4.79 Å².